The Hall–Kier alpha value is -3.53. The first-order valence-corrected chi connectivity index (χ1v) is 10.4. The van der Waals surface area contributed by atoms with Gasteiger partial charge in [-0.25, -0.2) is 20.2 Å². The Morgan fingerprint density at radius 1 is 0.879 bits per heavy atom. The van der Waals surface area contributed by atoms with E-state index in [2.05, 4.69) is 30.4 Å². The number of nitrogens with one attached hydrogen (secondary N) is 2. The molecule has 182 valence electrons. The van der Waals surface area contributed by atoms with Gasteiger partial charge in [0.2, 0.25) is 0 Å². The average Bonchev–Trinajstić information content (AvgIpc) is 2.76. The molecule has 0 aliphatic carbocycles. The molecule has 0 bridgehead atoms. The second kappa shape index (κ2) is 15.3. The van der Waals surface area contributed by atoms with Crippen molar-refractivity contribution in [3.8, 4) is 0 Å². The normalized spacial score (nSPS) is 10.7. The highest BCUT2D eigenvalue weighted by Gasteiger charge is 2.17. The Labute approximate surface area is 195 Å². The maximum atomic E-state index is 12.1. The quantitative estimate of drug-likeness (QED) is 0.0591. The molecule has 10 nitrogen and oxygen atoms in total. The van der Waals surface area contributed by atoms with Gasteiger partial charge in [0.05, 0.1) is 60.1 Å². The molecule has 0 unspecified atom stereocenters. The molecule has 33 heavy (non-hydrogen) atoms. The van der Waals surface area contributed by atoms with Crippen LogP contribution in [-0.2, 0) is 28.7 Å². The zero-order chi connectivity index (χ0) is 25.4. The van der Waals surface area contributed by atoms with Crippen LogP contribution in [0.3, 0.4) is 0 Å². The summed E-state index contributed by atoms with van der Waals surface area (Å²) in [5.41, 5.74) is 0.0180. The fourth-order valence-corrected chi connectivity index (χ4v) is 2.41. The van der Waals surface area contributed by atoms with Crippen molar-refractivity contribution in [1.29, 1.82) is 0 Å². The van der Waals surface area contributed by atoms with E-state index < -0.39 is 23.8 Å². The van der Waals surface area contributed by atoms with E-state index in [-0.39, 0.29) is 18.1 Å². The molecular formula is C23H36N4O6+2. The lowest BCUT2D eigenvalue weighted by Crippen LogP contribution is -2.47. The fraction of sp³-hybridized carbons (Fsp3) is 0.435. The predicted molar refractivity (Wildman–Crippen MR) is 125 cm³/mol. The number of hydrogen-bond donors (Lipinski definition) is 2. The van der Waals surface area contributed by atoms with E-state index in [9.17, 15) is 19.2 Å². The van der Waals surface area contributed by atoms with Gasteiger partial charge in [-0.2, -0.15) is 0 Å². The Bertz CT molecular complexity index is 823. The van der Waals surface area contributed by atoms with Crippen molar-refractivity contribution in [1.82, 2.24) is 10.6 Å². The van der Waals surface area contributed by atoms with Crippen molar-refractivity contribution in [3.63, 3.8) is 0 Å². The SMILES string of the molecule is C=CC(=O)NC(NC(=O)C=CC(=C)C(=O)OCCC[N+](C)(C)CCCOC(=O)C=C)=[N+](C)C. The second-order valence-corrected chi connectivity index (χ2v) is 7.88. The number of ether oxygens (including phenoxy) is 2. The van der Waals surface area contributed by atoms with E-state index in [1.165, 1.54) is 10.7 Å². The third kappa shape index (κ3) is 14.2. The van der Waals surface area contributed by atoms with E-state index in [1.807, 2.05) is 14.1 Å². The summed E-state index contributed by atoms with van der Waals surface area (Å²) in [5.74, 6) is -1.95. The number of rotatable bonds is 13. The molecule has 0 fully saturated rings. The maximum Gasteiger partial charge on any atom is 0.360 e. The number of guanidine groups is 1. The van der Waals surface area contributed by atoms with Crippen LogP contribution < -0.4 is 10.6 Å². The highest BCUT2D eigenvalue weighted by molar-refractivity contribution is 6.08. The molecule has 0 rings (SSSR count). The number of nitrogens with zero attached hydrogens (tertiary/aromatic N) is 2. The van der Waals surface area contributed by atoms with Gasteiger partial charge in [0, 0.05) is 31.1 Å². The fourth-order valence-electron chi connectivity index (χ4n) is 2.41. The minimum Gasteiger partial charge on any atom is -0.462 e. The molecule has 0 aliphatic rings. The third-order valence-electron chi connectivity index (χ3n) is 4.27. The van der Waals surface area contributed by atoms with Gasteiger partial charge in [-0.1, -0.05) is 19.7 Å². The zero-order valence-electron chi connectivity index (χ0n) is 20.0. The molecule has 0 aliphatic heterocycles. The summed E-state index contributed by atoms with van der Waals surface area (Å²) in [6.45, 7) is 12.4. The molecule has 0 aromatic carbocycles. The van der Waals surface area contributed by atoms with Gasteiger partial charge in [-0.3, -0.25) is 14.2 Å². The molecule has 10 heteroatoms. The van der Waals surface area contributed by atoms with Crippen LogP contribution >= 0.6 is 0 Å². The number of amides is 2. The summed E-state index contributed by atoms with van der Waals surface area (Å²) < 4.78 is 12.3. The van der Waals surface area contributed by atoms with Crippen molar-refractivity contribution in [2.24, 2.45) is 0 Å². The van der Waals surface area contributed by atoms with Crippen molar-refractivity contribution >= 4 is 29.7 Å². The minimum atomic E-state index is -0.627. The van der Waals surface area contributed by atoms with Gasteiger partial charge in [0.15, 0.2) is 0 Å². The molecular weight excluding hydrogens is 428 g/mol. The highest BCUT2D eigenvalue weighted by Crippen LogP contribution is 2.04. The van der Waals surface area contributed by atoms with Crippen molar-refractivity contribution in [2.45, 2.75) is 12.8 Å². The standard InChI is InChI=1S/C23H34N4O6/c1-8-19(28)24-23(26(4)5)25-20(29)13-12-18(3)22(31)33-17-11-15-27(6,7)14-10-16-32-21(30)9-2/h8-9,12-13H,1-3,10-11,14-17H2,4-7H3/p+2. The Kier molecular flexibility index (Phi) is 13.7. The largest absolute Gasteiger partial charge is 0.462 e. The monoisotopic (exact) mass is 464 g/mol. The van der Waals surface area contributed by atoms with Gasteiger partial charge >= 0.3 is 29.7 Å². The first kappa shape index (κ1) is 29.5. The van der Waals surface area contributed by atoms with Crippen molar-refractivity contribution < 1.29 is 37.7 Å². The Morgan fingerprint density at radius 3 is 1.94 bits per heavy atom. The Morgan fingerprint density at radius 2 is 1.42 bits per heavy atom. The highest BCUT2D eigenvalue weighted by atomic mass is 16.5. The molecule has 0 saturated heterocycles. The van der Waals surface area contributed by atoms with E-state index in [4.69, 9.17) is 9.47 Å². The minimum absolute atomic E-state index is 0.0180. The molecule has 0 saturated carbocycles. The maximum absolute atomic E-state index is 12.1. The molecule has 2 N–H and O–H groups in total. The summed E-state index contributed by atoms with van der Waals surface area (Å²) in [6, 6.07) is 0. The number of hydrogen-bond acceptors (Lipinski definition) is 6. The lowest BCUT2D eigenvalue weighted by Gasteiger charge is -2.29. The summed E-state index contributed by atoms with van der Waals surface area (Å²) in [6.07, 6.45) is 5.90. The van der Waals surface area contributed by atoms with Gasteiger partial charge < -0.3 is 14.0 Å². The third-order valence-corrected chi connectivity index (χ3v) is 4.27. The van der Waals surface area contributed by atoms with Crippen molar-refractivity contribution in [2.75, 3.05) is 54.5 Å². The molecule has 2 amide bonds. The lowest BCUT2D eigenvalue weighted by molar-refractivity contribution is -0.890. The molecule has 0 radical (unpaired) electrons. The van der Waals surface area contributed by atoms with Crippen LogP contribution in [0.5, 0.6) is 0 Å². The van der Waals surface area contributed by atoms with Gasteiger partial charge in [0.1, 0.15) is 0 Å². The lowest BCUT2D eigenvalue weighted by atomic mass is 10.2. The smallest absolute Gasteiger partial charge is 0.360 e. The summed E-state index contributed by atoms with van der Waals surface area (Å²) in [7, 11) is 7.34. The Balaban J connectivity index is 4.37. The first-order chi connectivity index (χ1) is 15.4. The van der Waals surface area contributed by atoms with Crippen LogP contribution in [-0.4, -0.2) is 93.3 Å². The van der Waals surface area contributed by atoms with Gasteiger partial charge in [0.25, 0.3) is 0 Å². The van der Waals surface area contributed by atoms with Gasteiger partial charge in [-0.05, 0) is 6.08 Å². The van der Waals surface area contributed by atoms with Crippen LogP contribution in [0.4, 0.5) is 0 Å². The summed E-state index contributed by atoms with van der Waals surface area (Å²) >= 11 is 0. The molecule has 0 heterocycles. The molecule has 0 aromatic rings. The van der Waals surface area contributed by atoms with E-state index in [1.54, 1.807) is 14.1 Å². The predicted octanol–water partition coefficient (Wildman–Crippen LogP) is 0.274. The van der Waals surface area contributed by atoms with Crippen LogP contribution in [0.25, 0.3) is 0 Å². The van der Waals surface area contributed by atoms with Crippen LogP contribution in [0.2, 0.25) is 0 Å². The second-order valence-electron chi connectivity index (χ2n) is 7.88. The molecule has 0 atom stereocenters. The molecule has 0 aromatic heterocycles. The number of esters is 2. The summed E-state index contributed by atoms with van der Waals surface area (Å²) in [4.78, 5) is 46.5. The molecule has 0 spiro atoms. The first-order valence-electron chi connectivity index (χ1n) is 10.4. The summed E-state index contributed by atoms with van der Waals surface area (Å²) in [5, 5.41) is 4.94. The zero-order valence-corrected chi connectivity index (χ0v) is 20.0. The number of carbonyl (C=O) groups excluding carboxylic acids is 4. The van der Waals surface area contributed by atoms with Gasteiger partial charge in [-0.15, -0.1) is 0 Å². The van der Waals surface area contributed by atoms with E-state index >= 15 is 0 Å². The van der Waals surface area contributed by atoms with Crippen LogP contribution in [0.15, 0.2) is 49.6 Å². The number of carbonyl (C=O) groups is 4. The number of quaternary nitrogens is 1. The average molecular weight is 465 g/mol. The van der Waals surface area contributed by atoms with Crippen molar-refractivity contribution in [3.05, 3.63) is 49.6 Å². The topological polar surface area (TPSA) is 114 Å². The van der Waals surface area contributed by atoms with E-state index in [0.29, 0.717) is 23.9 Å². The van der Waals surface area contributed by atoms with Crippen LogP contribution in [0, 0.1) is 0 Å². The van der Waals surface area contributed by atoms with E-state index in [0.717, 1.165) is 31.3 Å². The van der Waals surface area contributed by atoms with Crippen LogP contribution in [0.1, 0.15) is 12.8 Å².